The van der Waals surface area contributed by atoms with E-state index in [9.17, 15) is 5.11 Å². The van der Waals surface area contributed by atoms with Crippen molar-refractivity contribution in [3.05, 3.63) is 23.3 Å². The van der Waals surface area contributed by atoms with Crippen LogP contribution in [0.3, 0.4) is 0 Å². The van der Waals surface area contributed by atoms with Crippen LogP contribution in [0.25, 0.3) is 0 Å². The molecular weight excluding hydrogens is 364 g/mol. The molecular formula is C29H48O. The summed E-state index contributed by atoms with van der Waals surface area (Å²) in [6, 6.07) is 0. The van der Waals surface area contributed by atoms with Crippen molar-refractivity contribution in [3.63, 3.8) is 0 Å². The first-order valence-corrected chi connectivity index (χ1v) is 13.2. The highest BCUT2D eigenvalue weighted by Gasteiger charge is 2.58. The van der Waals surface area contributed by atoms with Crippen molar-refractivity contribution < 1.29 is 5.11 Å². The summed E-state index contributed by atoms with van der Waals surface area (Å²) in [5, 5.41) is 11.2. The number of rotatable bonds is 5. The lowest BCUT2D eigenvalue weighted by molar-refractivity contribution is -0.0592. The van der Waals surface area contributed by atoms with Crippen LogP contribution in [0.15, 0.2) is 23.3 Å². The van der Waals surface area contributed by atoms with Crippen molar-refractivity contribution in [2.45, 2.75) is 112 Å². The van der Waals surface area contributed by atoms with Crippen LogP contribution in [-0.4, -0.2) is 11.2 Å². The lowest BCUT2D eigenvalue weighted by Crippen LogP contribution is -2.52. The molecule has 4 rings (SSSR count). The monoisotopic (exact) mass is 412 g/mol. The van der Waals surface area contributed by atoms with Gasteiger partial charge in [0.05, 0.1) is 6.10 Å². The van der Waals surface area contributed by atoms with Gasteiger partial charge in [0, 0.05) is 5.41 Å². The highest BCUT2D eigenvalue weighted by Crippen LogP contribution is 2.66. The van der Waals surface area contributed by atoms with E-state index in [-0.39, 0.29) is 11.5 Å². The fraction of sp³-hybridized carbons (Fsp3) is 0.862. The molecule has 8 atom stereocenters. The molecule has 0 spiro atoms. The predicted octanol–water partition coefficient (Wildman–Crippen LogP) is 7.94. The quantitative estimate of drug-likeness (QED) is 0.454. The van der Waals surface area contributed by atoms with Crippen molar-refractivity contribution in [1.29, 1.82) is 0 Å². The Kier molecular flexibility index (Phi) is 6.10. The van der Waals surface area contributed by atoms with E-state index >= 15 is 0 Å². The molecule has 0 saturated heterocycles. The third kappa shape index (κ3) is 3.37. The van der Waals surface area contributed by atoms with Crippen LogP contribution >= 0.6 is 0 Å². The van der Waals surface area contributed by atoms with Gasteiger partial charge in [0.1, 0.15) is 0 Å². The highest BCUT2D eigenvalue weighted by atomic mass is 16.3. The molecule has 1 nitrogen and oxygen atoms in total. The third-order valence-electron chi connectivity index (χ3n) is 11.0. The van der Waals surface area contributed by atoms with Gasteiger partial charge in [-0.3, -0.25) is 0 Å². The lowest BCUT2D eigenvalue weighted by atomic mass is 9.48. The van der Waals surface area contributed by atoms with Gasteiger partial charge in [-0.15, -0.1) is 0 Å². The van der Waals surface area contributed by atoms with Gasteiger partial charge in [-0.05, 0) is 105 Å². The molecule has 0 aliphatic heterocycles. The molecule has 0 aromatic carbocycles. The molecule has 4 aliphatic carbocycles. The average molecular weight is 413 g/mol. The number of allylic oxidation sites excluding steroid dienone is 2. The number of aliphatic hydroxyl groups excluding tert-OH is 1. The Hall–Kier alpha value is -0.560. The summed E-state index contributed by atoms with van der Waals surface area (Å²) in [6.07, 6.45) is 12.6. The predicted molar refractivity (Wildman–Crippen MR) is 128 cm³/mol. The van der Waals surface area contributed by atoms with Crippen LogP contribution in [-0.2, 0) is 0 Å². The third-order valence-corrected chi connectivity index (χ3v) is 11.0. The first kappa shape index (κ1) is 22.6. The molecule has 0 aromatic heterocycles. The lowest BCUT2D eigenvalue weighted by Gasteiger charge is -2.57. The summed E-state index contributed by atoms with van der Waals surface area (Å²) >= 11 is 0. The summed E-state index contributed by atoms with van der Waals surface area (Å²) < 4.78 is 0. The molecule has 0 amide bonds. The minimum absolute atomic E-state index is 0.0608. The van der Waals surface area contributed by atoms with Gasteiger partial charge in [-0.2, -0.15) is 0 Å². The van der Waals surface area contributed by atoms with Crippen molar-refractivity contribution in [2.24, 2.45) is 46.3 Å². The molecule has 0 heterocycles. The first-order valence-electron chi connectivity index (χ1n) is 13.2. The Morgan fingerprint density at radius 1 is 1.07 bits per heavy atom. The van der Waals surface area contributed by atoms with Gasteiger partial charge in [0.2, 0.25) is 0 Å². The van der Waals surface area contributed by atoms with Gasteiger partial charge in [-0.1, -0.05) is 64.8 Å². The van der Waals surface area contributed by atoms with Crippen LogP contribution in [0, 0.1) is 46.3 Å². The Morgan fingerprint density at radius 3 is 2.50 bits per heavy atom. The zero-order valence-electron chi connectivity index (χ0n) is 20.8. The number of aliphatic hydroxyl groups is 1. The molecule has 30 heavy (non-hydrogen) atoms. The fourth-order valence-electron chi connectivity index (χ4n) is 8.82. The zero-order chi connectivity index (χ0) is 21.8. The van der Waals surface area contributed by atoms with Crippen LogP contribution in [0.1, 0.15) is 106 Å². The van der Waals surface area contributed by atoms with E-state index in [0.29, 0.717) is 17.3 Å². The molecule has 1 N–H and O–H groups in total. The molecule has 4 aliphatic rings. The first-order chi connectivity index (χ1) is 14.1. The number of hydrogen-bond donors (Lipinski definition) is 1. The normalized spacial score (nSPS) is 44.5. The van der Waals surface area contributed by atoms with E-state index in [4.69, 9.17) is 0 Å². The molecule has 2 saturated carbocycles. The Balaban J connectivity index is 1.57. The largest absolute Gasteiger partial charge is 0.392 e. The smallest absolute Gasteiger partial charge is 0.0633 e. The van der Waals surface area contributed by atoms with Crippen LogP contribution in [0.4, 0.5) is 0 Å². The van der Waals surface area contributed by atoms with Crippen molar-refractivity contribution in [3.8, 4) is 0 Å². The maximum Gasteiger partial charge on any atom is 0.0633 e. The topological polar surface area (TPSA) is 20.2 Å². The summed E-state index contributed by atoms with van der Waals surface area (Å²) in [5.74, 6) is 4.52. The van der Waals surface area contributed by atoms with Crippen molar-refractivity contribution in [2.75, 3.05) is 0 Å². The minimum atomic E-state index is -0.119. The van der Waals surface area contributed by atoms with Crippen molar-refractivity contribution >= 4 is 0 Å². The molecule has 170 valence electrons. The summed E-state index contributed by atoms with van der Waals surface area (Å²) in [5.41, 5.74) is 5.51. The van der Waals surface area contributed by atoms with Gasteiger partial charge >= 0.3 is 0 Å². The molecule has 0 bridgehead atoms. The SMILES string of the molecule is C=C(CC[C@@H](C)[C@H]1CC[C@H]2C3=C(CC[C@]12C)[C@@]1(C)C(O)CC[C@@H](C)C1CC3)C(C)C. The second kappa shape index (κ2) is 8.09. The van der Waals surface area contributed by atoms with E-state index < -0.39 is 0 Å². The van der Waals surface area contributed by atoms with Gasteiger partial charge in [0.15, 0.2) is 0 Å². The molecule has 2 unspecified atom stereocenters. The van der Waals surface area contributed by atoms with Gasteiger partial charge in [-0.25, -0.2) is 0 Å². The molecule has 0 aromatic rings. The van der Waals surface area contributed by atoms with Crippen LogP contribution in [0.5, 0.6) is 0 Å². The summed E-state index contributed by atoms with van der Waals surface area (Å²) in [7, 11) is 0. The van der Waals surface area contributed by atoms with E-state index in [0.717, 1.165) is 30.1 Å². The fourth-order valence-corrected chi connectivity index (χ4v) is 8.82. The van der Waals surface area contributed by atoms with Gasteiger partial charge < -0.3 is 5.11 Å². The standard InChI is InChI=1S/C29H48O/c1-18(2)19(3)8-9-20(4)23-13-14-25-22-11-12-24-21(5)10-15-27(30)29(24,7)26(22)16-17-28(23,25)6/h18,20-21,23-25,27,30H,3,8-17H2,1-2,4-7H3/t20-,21-,23-,24?,25+,27?,28-,29+/m1/s1. The Morgan fingerprint density at radius 2 is 1.80 bits per heavy atom. The highest BCUT2D eigenvalue weighted by molar-refractivity contribution is 5.35. The molecule has 2 fully saturated rings. The van der Waals surface area contributed by atoms with E-state index in [1.807, 2.05) is 5.57 Å². The van der Waals surface area contributed by atoms with Gasteiger partial charge in [0.25, 0.3) is 0 Å². The number of hydrogen-bond acceptors (Lipinski definition) is 1. The maximum absolute atomic E-state index is 11.2. The van der Waals surface area contributed by atoms with E-state index in [1.54, 1.807) is 5.57 Å². The Bertz CT molecular complexity index is 701. The Labute approximate surface area is 186 Å². The minimum Gasteiger partial charge on any atom is -0.392 e. The van der Waals surface area contributed by atoms with E-state index in [2.05, 4.69) is 48.1 Å². The van der Waals surface area contributed by atoms with Crippen molar-refractivity contribution in [1.82, 2.24) is 0 Å². The number of fused-ring (bicyclic) bond motifs is 4. The zero-order valence-corrected chi connectivity index (χ0v) is 20.8. The summed E-state index contributed by atoms with van der Waals surface area (Å²) in [6.45, 7) is 19.0. The second-order valence-electron chi connectivity index (χ2n) is 12.6. The second-order valence-corrected chi connectivity index (χ2v) is 12.6. The summed E-state index contributed by atoms with van der Waals surface area (Å²) in [4.78, 5) is 0. The maximum atomic E-state index is 11.2. The molecule has 0 radical (unpaired) electrons. The molecule has 1 heteroatoms. The van der Waals surface area contributed by atoms with E-state index in [1.165, 1.54) is 63.4 Å². The average Bonchev–Trinajstić information content (AvgIpc) is 3.06. The van der Waals surface area contributed by atoms with Crippen LogP contribution in [0.2, 0.25) is 0 Å². The van der Waals surface area contributed by atoms with Crippen LogP contribution < -0.4 is 0 Å².